The van der Waals surface area contributed by atoms with Gasteiger partial charge >= 0.3 is 5.95 Å². The van der Waals surface area contributed by atoms with Gasteiger partial charge in [-0.2, -0.15) is 0 Å². The highest BCUT2D eigenvalue weighted by atomic mass is 16.6. The molecule has 0 aromatic carbocycles. The molecule has 0 radical (unpaired) electrons. The van der Waals surface area contributed by atoms with E-state index >= 15 is 0 Å². The molecule has 0 bridgehead atoms. The number of nitro groups is 1. The minimum absolute atomic E-state index is 0.159. The third kappa shape index (κ3) is 1.20. The minimum Gasteiger partial charge on any atom is -0.390 e. The molecule has 1 heterocycles. The van der Waals surface area contributed by atoms with Crippen LogP contribution in [-0.2, 0) is 7.05 Å². The zero-order valence-electron chi connectivity index (χ0n) is 6.94. The van der Waals surface area contributed by atoms with Gasteiger partial charge < -0.3 is 10.1 Å². The lowest BCUT2D eigenvalue weighted by atomic mass is 10.3. The van der Waals surface area contributed by atoms with Crippen LogP contribution >= 0.6 is 0 Å². The summed E-state index contributed by atoms with van der Waals surface area (Å²) in [6, 6.07) is 0. The molecule has 0 aliphatic rings. The molecule has 0 unspecified atom stereocenters. The fourth-order valence-electron chi connectivity index (χ4n) is 0.966. The normalized spacial score (nSPS) is 9.83. The number of nitrogens with zero attached hydrogens (tertiary/aromatic N) is 3. The zero-order chi connectivity index (χ0) is 9.30. The number of imidazole rings is 1. The Hall–Kier alpha value is -1.65. The van der Waals surface area contributed by atoms with Crippen molar-refractivity contribution in [2.45, 2.75) is 6.92 Å². The average molecular weight is 167 g/mol. The van der Waals surface area contributed by atoms with E-state index in [1.807, 2.05) is 0 Å². The van der Waals surface area contributed by atoms with Crippen LogP contribution in [0, 0.1) is 10.1 Å². The van der Waals surface area contributed by atoms with Crippen LogP contribution < -0.4 is 0 Å². The molecule has 1 rings (SSSR count). The maximum Gasteiger partial charge on any atom is 0.434 e. The van der Waals surface area contributed by atoms with Crippen molar-refractivity contribution in [3.8, 4) is 0 Å². The van der Waals surface area contributed by atoms with Crippen molar-refractivity contribution in [1.82, 2.24) is 9.55 Å². The van der Waals surface area contributed by atoms with E-state index < -0.39 is 4.92 Å². The summed E-state index contributed by atoms with van der Waals surface area (Å²) in [5.41, 5.74) is 1.44. The Bertz CT molecular complexity index is 309. The summed E-state index contributed by atoms with van der Waals surface area (Å²) in [5.74, 6) is -0.159. The Labute approximate surface area is 69.5 Å². The summed E-state index contributed by atoms with van der Waals surface area (Å²) in [7, 11) is 1.59. The molecule has 0 spiro atoms. The molecule has 0 atom stereocenters. The van der Waals surface area contributed by atoms with Crippen molar-refractivity contribution < 1.29 is 4.92 Å². The van der Waals surface area contributed by atoms with Gasteiger partial charge in [0, 0.05) is 0 Å². The Kier molecular flexibility index (Phi) is 1.95. The average Bonchev–Trinajstić information content (AvgIpc) is 2.30. The maximum atomic E-state index is 10.4. The first-order valence-electron chi connectivity index (χ1n) is 3.36. The standard InChI is InChI=1S/C7H9N3O2/c1-5(2)6-4-8-7(9(6)3)10(11)12/h4H,1H2,2-3H3. The third-order valence-corrected chi connectivity index (χ3v) is 1.56. The van der Waals surface area contributed by atoms with Gasteiger partial charge in [-0.3, -0.25) is 0 Å². The van der Waals surface area contributed by atoms with Gasteiger partial charge in [-0.1, -0.05) is 11.6 Å². The third-order valence-electron chi connectivity index (χ3n) is 1.56. The lowest BCUT2D eigenvalue weighted by Gasteiger charge is -1.97. The maximum absolute atomic E-state index is 10.4. The van der Waals surface area contributed by atoms with Crippen LogP contribution in [-0.4, -0.2) is 14.5 Å². The second-order valence-corrected chi connectivity index (χ2v) is 2.54. The van der Waals surface area contributed by atoms with Gasteiger partial charge in [0.25, 0.3) is 0 Å². The van der Waals surface area contributed by atoms with Gasteiger partial charge in [-0.15, -0.1) is 0 Å². The molecule has 1 aromatic rings. The van der Waals surface area contributed by atoms with Crippen LogP contribution in [0.3, 0.4) is 0 Å². The Balaban J connectivity index is 3.22. The van der Waals surface area contributed by atoms with Gasteiger partial charge in [0.1, 0.15) is 11.9 Å². The van der Waals surface area contributed by atoms with Crippen molar-refractivity contribution >= 4 is 11.5 Å². The zero-order valence-corrected chi connectivity index (χ0v) is 6.94. The summed E-state index contributed by atoms with van der Waals surface area (Å²) in [5, 5.41) is 10.4. The van der Waals surface area contributed by atoms with Crippen LogP contribution in [0.5, 0.6) is 0 Å². The molecular formula is C7H9N3O2. The monoisotopic (exact) mass is 167 g/mol. The first kappa shape index (κ1) is 8.45. The predicted molar refractivity (Wildman–Crippen MR) is 44.6 cm³/mol. The highest BCUT2D eigenvalue weighted by molar-refractivity contribution is 5.58. The molecule has 64 valence electrons. The molecule has 5 nitrogen and oxygen atoms in total. The Morgan fingerprint density at radius 3 is 2.67 bits per heavy atom. The van der Waals surface area contributed by atoms with Gasteiger partial charge in [-0.05, 0) is 17.4 Å². The first-order valence-corrected chi connectivity index (χ1v) is 3.36. The van der Waals surface area contributed by atoms with Crippen LogP contribution in [0.2, 0.25) is 0 Å². The summed E-state index contributed by atoms with van der Waals surface area (Å²) in [4.78, 5) is 13.5. The van der Waals surface area contributed by atoms with E-state index in [1.54, 1.807) is 14.0 Å². The summed E-state index contributed by atoms with van der Waals surface area (Å²) < 4.78 is 1.41. The first-order chi connectivity index (χ1) is 5.54. The molecule has 0 saturated carbocycles. The molecule has 0 amide bonds. The van der Waals surface area contributed by atoms with E-state index in [0.29, 0.717) is 5.69 Å². The quantitative estimate of drug-likeness (QED) is 0.493. The molecule has 1 aromatic heterocycles. The Morgan fingerprint density at radius 1 is 1.83 bits per heavy atom. The minimum atomic E-state index is -0.521. The molecule has 0 N–H and O–H groups in total. The predicted octanol–water partition coefficient (Wildman–Crippen LogP) is 1.36. The van der Waals surface area contributed by atoms with E-state index in [1.165, 1.54) is 10.8 Å². The van der Waals surface area contributed by atoms with Gasteiger partial charge in [0.2, 0.25) is 0 Å². The van der Waals surface area contributed by atoms with E-state index in [2.05, 4.69) is 11.6 Å². The molecular weight excluding hydrogens is 158 g/mol. The lowest BCUT2D eigenvalue weighted by molar-refractivity contribution is -0.396. The number of allylic oxidation sites excluding steroid dienone is 1. The summed E-state index contributed by atoms with van der Waals surface area (Å²) >= 11 is 0. The van der Waals surface area contributed by atoms with Crippen LogP contribution in [0.1, 0.15) is 12.6 Å². The van der Waals surface area contributed by atoms with Gasteiger partial charge in [0.05, 0.1) is 7.05 Å². The smallest absolute Gasteiger partial charge is 0.390 e. The molecule has 0 aliphatic carbocycles. The second kappa shape index (κ2) is 2.77. The van der Waals surface area contributed by atoms with Crippen molar-refractivity contribution in [2.24, 2.45) is 7.05 Å². The number of aromatic nitrogens is 2. The van der Waals surface area contributed by atoms with Crippen LogP contribution in [0.25, 0.3) is 5.57 Å². The Morgan fingerprint density at radius 2 is 2.42 bits per heavy atom. The van der Waals surface area contributed by atoms with E-state index in [-0.39, 0.29) is 5.95 Å². The van der Waals surface area contributed by atoms with Crippen molar-refractivity contribution in [3.05, 3.63) is 28.6 Å². The van der Waals surface area contributed by atoms with E-state index in [4.69, 9.17) is 0 Å². The van der Waals surface area contributed by atoms with Crippen molar-refractivity contribution in [3.63, 3.8) is 0 Å². The number of hydrogen-bond acceptors (Lipinski definition) is 3. The fraction of sp³-hybridized carbons (Fsp3) is 0.286. The lowest BCUT2D eigenvalue weighted by Crippen LogP contribution is -2.00. The van der Waals surface area contributed by atoms with Gasteiger partial charge in [-0.25, -0.2) is 4.57 Å². The highest BCUT2D eigenvalue weighted by Crippen LogP contribution is 2.16. The van der Waals surface area contributed by atoms with Gasteiger partial charge in [0.15, 0.2) is 0 Å². The molecule has 5 heteroatoms. The van der Waals surface area contributed by atoms with Crippen molar-refractivity contribution in [2.75, 3.05) is 0 Å². The van der Waals surface area contributed by atoms with Crippen LogP contribution in [0.15, 0.2) is 12.8 Å². The van der Waals surface area contributed by atoms with Crippen LogP contribution in [0.4, 0.5) is 5.95 Å². The number of rotatable bonds is 2. The van der Waals surface area contributed by atoms with E-state index in [9.17, 15) is 10.1 Å². The molecule has 0 saturated heterocycles. The molecule has 0 aliphatic heterocycles. The molecule has 0 fully saturated rings. The highest BCUT2D eigenvalue weighted by Gasteiger charge is 2.16. The van der Waals surface area contributed by atoms with Crippen molar-refractivity contribution in [1.29, 1.82) is 0 Å². The number of hydrogen-bond donors (Lipinski definition) is 0. The fourth-order valence-corrected chi connectivity index (χ4v) is 0.966. The summed E-state index contributed by atoms with van der Waals surface area (Å²) in [6.45, 7) is 5.45. The summed E-state index contributed by atoms with van der Waals surface area (Å²) in [6.07, 6.45) is 1.44. The molecule has 12 heavy (non-hydrogen) atoms. The van der Waals surface area contributed by atoms with E-state index in [0.717, 1.165) is 5.57 Å². The topological polar surface area (TPSA) is 61.0 Å². The SMILES string of the molecule is C=C(C)c1cnc([N+](=O)[O-])n1C. The second-order valence-electron chi connectivity index (χ2n) is 2.54. The largest absolute Gasteiger partial charge is 0.434 e.